The van der Waals surface area contributed by atoms with Crippen molar-refractivity contribution < 1.29 is 4.92 Å². The van der Waals surface area contributed by atoms with Crippen LogP contribution in [0.3, 0.4) is 0 Å². The van der Waals surface area contributed by atoms with Crippen molar-refractivity contribution >= 4 is 28.1 Å². The van der Waals surface area contributed by atoms with E-state index in [0.29, 0.717) is 47.2 Å². The number of H-pyrrole nitrogens is 1. The predicted molar refractivity (Wildman–Crippen MR) is 92.9 cm³/mol. The van der Waals surface area contributed by atoms with Crippen LogP contribution in [0.15, 0.2) is 30.5 Å². The van der Waals surface area contributed by atoms with Crippen molar-refractivity contribution in [2.75, 3.05) is 17.6 Å². The van der Waals surface area contributed by atoms with E-state index < -0.39 is 4.92 Å². The lowest BCUT2D eigenvalue weighted by Crippen LogP contribution is -2.06. The Bertz CT molecular complexity index is 974. The number of pyridine rings is 1. The lowest BCUT2D eigenvalue weighted by molar-refractivity contribution is -0.382. The number of fused-ring (bicyclic) bond motifs is 1. The predicted octanol–water partition coefficient (Wildman–Crippen LogP) is 2.36. The number of nitro groups is 1. The molecule has 2 heterocycles. The van der Waals surface area contributed by atoms with E-state index in [1.807, 2.05) is 6.07 Å². The quantitative estimate of drug-likeness (QED) is 0.355. The minimum absolute atomic E-state index is 0.00842. The molecule has 3 aromatic rings. The van der Waals surface area contributed by atoms with E-state index in [0.717, 1.165) is 0 Å². The molecular formula is C16H15N7O2. The second-order valence-corrected chi connectivity index (χ2v) is 5.39. The Morgan fingerprint density at radius 1 is 1.40 bits per heavy atom. The summed E-state index contributed by atoms with van der Waals surface area (Å²) in [6.07, 6.45) is 2.81. The highest BCUT2D eigenvalue weighted by Gasteiger charge is 2.18. The minimum atomic E-state index is -0.407. The Labute approximate surface area is 142 Å². The fourth-order valence-electron chi connectivity index (χ4n) is 2.66. The van der Waals surface area contributed by atoms with Crippen molar-refractivity contribution in [1.29, 1.82) is 5.26 Å². The van der Waals surface area contributed by atoms with Crippen LogP contribution in [0.4, 0.5) is 17.2 Å². The van der Waals surface area contributed by atoms with Gasteiger partial charge < -0.3 is 11.1 Å². The SMILES string of the molecule is N#Cc1c(N)n[nH]c1CCCNc1ccc2ncccc2c1[N+](=O)[O-]. The number of benzene rings is 1. The molecule has 0 aliphatic carbocycles. The summed E-state index contributed by atoms with van der Waals surface area (Å²) in [7, 11) is 0. The average molecular weight is 337 g/mol. The van der Waals surface area contributed by atoms with E-state index in [1.165, 1.54) is 0 Å². The zero-order valence-corrected chi connectivity index (χ0v) is 13.2. The van der Waals surface area contributed by atoms with Crippen molar-refractivity contribution in [3.05, 3.63) is 51.8 Å². The molecule has 3 rings (SSSR count). The van der Waals surface area contributed by atoms with Gasteiger partial charge in [-0.3, -0.25) is 20.2 Å². The van der Waals surface area contributed by atoms with Gasteiger partial charge in [0.15, 0.2) is 5.82 Å². The fourth-order valence-corrected chi connectivity index (χ4v) is 2.66. The number of anilines is 2. The number of nitriles is 1. The van der Waals surface area contributed by atoms with Gasteiger partial charge in [0.05, 0.1) is 21.5 Å². The Hall–Kier alpha value is -3.67. The third-order valence-corrected chi connectivity index (χ3v) is 3.84. The van der Waals surface area contributed by atoms with Crippen LogP contribution in [0.1, 0.15) is 17.7 Å². The van der Waals surface area contributed by atoms with Gasteiger partial charge in [0.2, 0.25) is 0 Å². The molecular weight excluding hydrogens is 322 g/mol. The van der Waals surface area contributed by atoms with Crippen LogP contribution < -0.4 is 11.1 Å². The first kappa shape index (κ1) is 16.2. The molecule has 0 unspecified atom stereocenters. The van der Waals surface area contributed by atoms with Crippen molar-refractivity contribution in [2.45, 2.75) is 12.8 Å². The van der Waals surface area contributed by atoms with E-state index in [1.54, 1.807) is 30.5 Å². The van der Waals surface area contributed by atoms with Crippen LogP contribution in [-0.2, 0) is 6.42 Å². The molecule has 0 aliphatic heterocycles. The summed E-state index contributed by atoms with van der Waals surface area (Å²) in [6, 6.07) is 8.76. The molecule has 2 aromatic heterocycles. The third-order valence-electron chi connectivity index (χ3n) is 3.84. The van der Waals surface area contributed by atoms with Gasteiger partial charge in [-0.15, -0.1) is 0 Å². The van der Waals surface area contributed by atoms with Gasteiger partial charge >= 0.3 is 5.69 Å². The first-order valence-electron chi connectivity index (χ1n) is 7.60. The normalized spacial score (nSPS) is 10.5. The smallest absolute Gasteiger partial charge is 0.301 e. The molecule has 25 heavy (non-hydrogen) atoms. The number of hydrogen-bond donors (Lipinski definition) is 3. The van der Waals surface area contributed by atoms with Crippen LogP contribution in [-0.4, -0.2) is 26.6 Å². The van der Waals surface area contributed by atoms with Crippen molar-refractivity contribution in [3.8, 4) is 6.07 Å². The highest BCUT2D eigenvalue weighted by atomic mass is 16.6. The Morgan fingerprint density at radius 3 is 3.00 bits per heavy atom. The molecule has 0 saturated carbocycles. The van der Waals surface area contributed by atoms with E-state index >= 15 is 0 Å². The standard InChI is InChI=1S/C16H15N7O2/c17-9-11-13(21-22-16(11)18)4-2-8-20-14-6-5-12-10(3-1-7-19-12)15(14)23(24)25/h1,3,5-7,20H,2,4,8H2,(H3,18,21,22). The number of rotatable bonds is 6. The van der Waals surface area contributed by atoms with Gasteiger partial charge in [0, 0.05) is 12.7 Å². The molecule has 126 valence electrons. The molecule has 0 aliphatic rings. The second-order valence-electron chi connectivity index (χ2n) is 5.39. The maximum atomic E-state index is 11.5. The zero-order valence-electron chi connectivity index (χ0n) is 13.2. The van der Waals surface area contributed by atoms with Gasteiger partial charge in [-0.2, -0.15) is 10.4 Å². The highest BCUT2D eigenvalue weighted by Crippen LogP contribution is 2.32. The summed E-state index contributed by atoms with van der Waals surface area (Å²) in [4.78, 5) is 15.2. The van der Waals surface area contributed by atoms with Gasteiger partial charge in [0.25, 0.3) is 0 Å². The monoisotopic (exact) mass is 337 g/mol. The number of hydrogen-bond acceptors (Lipinski definition) is 7. The number of aromatic nitrogens is 3. The first-order chi connectivity index (χ1) is 12.1. The Kier molecular flexibility index (Phi) is 4.43. The summed E-state index contributed by atoms with van der Waals surface area (Å²) in [5, 5.41) is 30.6. The summed E-state index contributed by atoms with van der Waals surface area (Å²) >= 11 is 0. The molecule has 1 aromatic carbocycles. The van der Waals surface area contributed by atoms with Crippen LogP contribution in [0, 0.1) is 21.4 Å². The molecule has 0 fully saturated rings. The highest BCUT2D eigenvalue weighted by molar-refractivity contribution is 5.94. The van der Waals surface area contributed by atoms with E-state index in [9.17, 15) is 10.1 Å². The number of aromatic amines is 1. The topological polar surface area (TPSA) is 147 Å². The zero-order chi connectivity index (χ0) is 17.8. The van der Waals surface area contributed by atoms with Crippen molar-refractivity contribution in [2.24, 2.45) is 0 Å². The molecule has 0 amide bonds. The van der Waals surface area contributed by atoms with Gasteiger partial charge in [-0.25, -0.2) is 0 Å². The average Bonchev–Trinajstić information content (AvgIpc) is 2.97. The summed E-state index contributed by atoms with van der Waals surface area (Å²) < 4.78 is 0. The lowest BCUT2D eigenvalue weighted by Gasteiger charge is -2.08. The Morgan fingerprint density at radius 2 is 2.24 bits per heavy atom. The third kappa shape index (κ3) is 3.18. The lowest BCUT2D eigenvalue weighted by atomic mass is 10.1. The molecule has 0 bridgehead atoms. The number of nitrogens with one attached hydrogen (secondary N) is 2. The van der Waals surface area contributed by atoms with Crippen molar-refractivity contribution in [1.82, 2.24) is 15.2 Å². The van der Waals surface area contributed by atoms with Gasteiger partial charge in [-0.05, 0) is 37.1 Å². The molecule has 9 heteroatoms. The van der Waals surface area contributed by atoms with E-state index in [2.05, 4.69) is 20.5 Å². The molecule has 9 nitrogen and oxygen atoms in total. The van der Waals surface area contributed by atoms with Gasteiger partial charge in [0.1, 0.15) is 17.3 Å². The van der Waals surface area contributed by atoms with Crippen LogP contribution >= 0.6 is 0 Å². The number of nitrogens with zero attached hydrogens (tertiary/aromatic N) is 4. The largest absolute Gasteiger partial charge is 0.381 e. The van der Waals surface area contributed by atoms with Crippen LogP contribution in [0.5, 0.6) is 0 Å². The molecule has 0 spiro atoms. The fraction of sp³-hybridized carbons (Fsp3) is 0.188. The van der Waals surface area contributed by atoms with Gasteiger partial charge in [-0.1, -0.05) is 0 Å². The molecule has 0 atom stereocenters. The van der Waals surface area contributed by atoms with Crippen molar-refractivity contribution in [3.63, 3.8) is 0 Å². The minimum Gasteiger partial charge on any atom is -0.381 e. The summed E-state index contributed by atoms with van der Waals surface area (Å²) in [5.41, 5.74) is 7.63. The van der Waals surface area contributed by atoms with Crippen LogP contribution in [0.25, 0.3) is 10.9 Å². The number of nitrogens with two attached hydrogens (primary N) is 1. The number of nitro benzene ring substituents is 1. The Balaban J connectivity index is 1.72. The van der Waals surface area contributed by atoms with Crippen LogP contribution in [0.2, 0.25) is 0 Å². The number of aryl methyl sites for hydroxylation is 1. The van der Waals surface area contributed by atoms with E-state index in [4.69, 9.17) is 11.0 Å². The maximum Gasteiger partial charge on any atom is 0.301 e. The second kappa shape index (κ2) is 6.84. The summed E-state index contributed by atoms with van der Waals surface area (Å²) in [6.45, 7) is 0.496. The molecule has 0 saturated heterocycles. The summed E-state index contributed by atoms with van der Waals surface area (Å²) in [5.74, 6) is 0.183. The molecule has 4 N–H and O–H groups in total. The van der Waals surface area contributed by atoms with E-state index in [-0.39, 0.29) is 11.5 Å². The molecule has 0 radical (unpaired) electrons. The first-order valence-corrected chi connectivity index (χ1v) is 7.60. The maximum absolute atomic E-state index is 11.5. The number of nitrogen functional groups attached to an aromatic ring is 1.